The van der Waals surface area contributed by atoms with Crippen molar-refractivity contribution in [3.8, 4) is 0 Å². The Bertz CT molecular complexity index is 453. The molecular weight excluding hydrogens is 345 g/mol. The molecule has 0 saturated carbocycles. The summed E-state index contributed by atoms with van der Waals surface area (Å²) in [6, 6.07) is 4.42. The summed E-state index contributed by atoms with van der Waals surface area (Å²) in [4.78, 5) is 12.0. The fourth-order valence-corrected chi connectivity index (χ4v) is 3.25. The Kier molecular flexibility index (Phi) is 6.46. The first-order valence-electron chi connectivity index (χ1n) is 6.53. The molecule has 0 radical (unpaired) electrons. The molecule has 1 aromatic carbocycles. The van der Waals surface area contributed by atoms with Crippen LogP contribution >= 0.6 is 27.5 Å². The summed E-state index contributed by atoms with van der Waals surface area (Å²) in [5, 5.41) is 3.08. The third-order valence-electron chi connectivity index (χ3n) is 2.75. The zero-order valence-electron chi connectivity index (χ0n) is 12.0. The second-order valence-electron chi connectivity index (χ2n) is 6.04. The molecular formula is C15H20BrClFNO. The molecule has 5 heteroatoms. The lowest BCUT2D eigenvalue weighted by atomic mass is 9.90. The standard InChI is InChI=1S/C15H20BrClFNO/c1-15(2,3)8-10(16)9-19-14(20)7-11-12(17)5-4-6-13(11)18/h4-6,10H,7-9H2,1-3H3,(H,19,20). The van der Waals surface area contributed by atoms with Gasteiger partial charge < -0.3 is 5.32 Å². The van der Waals surface area contributed by atoms with Crippen molar-refractivity contribution in [3.63, 3.8) is 0 Å². The lowest BCUT2D eigenvalue weighted by Gasteiger charge is -2.22. The van der Waals surface area contributed by atoms with E-state index in [1.165, 1.54) is 12.1 Å². The van der Waals surface area contributed by atoms with Gasteiger partial charge in [-0.15, -0.1) is 0 Å². The van der Waals surface area contributed by atoms with Crippen molar-refractivity contribution in [2.24, 2.45) is 5.41 Å². The Morgan fingerprint density at radius 2 is 2.10 bits per heavy atom. The summed E-state index contributed by atoms with van der Waals surface area (Å²) in [7, 11) is 0. The average molecular weight is 365 g/mol. The van der Waals surface area contributed by atoms with E-state index in [0.29, 0.717) is 6.54 Å². The predicted molar refractivity (Wildman–Crippen MR) is 84.9 cm³/mol. The normalized spacial score (nSPS) is 13.1. The topological polar surface area (TPSA) is 29.1 Å². The Morgan fingerprint density at radius 1 is 1.45 bits per heavy atom. The highest BCUT2D eigenvalue weighted by Gasteiger charge is 2.18. The van der Waals surface area contributed by atoms with E-state index < -0.39 is 5.82 Å². The maximum Gasteiger partial charge on any atom is 0.224 e. The monoisotopic (exact) mass is 363 g/mol. The fraction of sp³-hybridized carbons (Fsp3) is 0.533. The van der Waals surface area contributed by atoms with E-state index in [4.69, 9.17) is 11.6 Å². The number of hydrogen-bond acceptors (Lipinski definition) is 1. The van der Waals surface area contributed by atoms with Gasteiger partial charge in [0, 0.05) is 22.0 Å². The molecule has 2 nitrogen and oxygen atoms in total. The van der Waals surface area contributed by atoms with E-state index in [1.54, 1.807) is 6.07 Å². The second-order valence-corrected chi connectivity index (χ2v) is 7.75. The van der Waals surface area contributed by atoms with Crippen LogP contribution in [0.4, 0.5) is 4.39 Å². The van der Waals surface area contributed by atoms with Crippen LogP contribution in [0.3, 0.4) is 0 Å². The van der Waals surface area contributed by atoms with Crippen molar-refractivity contribution in [1.82, 2.24) is 5.32 Å². The number of amides is 1. The predicted octanol–water partition coefficient (Wildman–Crippen LogP) is 4.34. The van der Waals surface area contributed by atoms with Crippen LogP contribution in [0.2, 0.25) is 5.02 Å². The largest absolute Gasteiger partial charge is 0.355 e. The summed E-state index contributed by atoms with van der Waals surface area (Å²) in [6.45, 7) is 6.94. The van der Waals surface area contributed by atoms with Crippen LogP contribution < -0.4 is 5.32 Å². The van der Waals surface area contributed by atoms with Crippen LogP contribution in [0.25, 0.3) is 0 Å². The lowest BCUT2D eigenvalue weighted by molar-refractivity contribution is -0.120. The zero-order valence-corrected chi connectivity index (χ0v) is 14.3. The summed E-state index contributed by atoms with van der Waals surface area (Å²) in [5.74, 6) is -0.673. The smallest absolute Gasteiger partial charge is 0.224 e. The third-order valence-corrected chi connectivity index (χ3v) is 3.76. The number of carbonyl (C=O) groups is 1. The molecule has 1 N–H and O–H groups in total. The molecule has 0 fully saturated rings. The Balaban J connectivity index is 2.49. The third kappa shape index (κ3) is 6.23. The average Bonchev–Trinajstić information content (AvgIpc) is 2.29. The van der Waals surface area contributed by atoms with Gasteiger partial charge in [0.15, 0.2) is 0 Å². The van der Waals surface area contributed by atoms with Gasteiger partial charge in [0.25, 0.3) is 0 Å². The summed E-state index contributed by atoms with van der Waals surface area (Å²) < 4.78 is 13.6. The summed E-state index contributed by atoms with van der Waals surface area (Å²) in [6.07, 6.45) is 0.897. The first kappa shape index (κ1) is 17.4. The molecule has 0 aliphatic heterocycles. The van der Waals surface area contributed by atoms with E-state index in [1.807, 2.05) is 0 Å². The minimum Gasteiger partial charge on any atom is -0.355 e. The molecule has 1 aromatic rings. The maximum absolute atomic E-state index is 13.6. The number of nitrogens with one attached hydrogen (secondary N) is 1. The van der Waals surface area contributed by atoms with Crippen molar-refractivity contribution in [2.75, 3.05) is 6.54 Å². The molecule has 1 amide bonds. The van der Waals surface area contributed by atoms with Crippen molar-refractivity contribution >= 4 is 33.4 Å². The minimum atomic E-state index is -0.447. The van der Waals surface area contributed by atoms with E-state index in [2.05, 4.69) is 42.0 Å². The van der Waals surface area contributed by atoms with Gasteiger partial charge in [-0.05, 0) is 24.0 Å². The van der Waals surface area contributed by atoms with Crippen molar-refractivity contribution in [1.29, 1.82) is 0 Å². The second kappa shape index (κ2) is 7.41. The van der Waals surface area contributed by atoms with Crippen molar-refractivity contribution in [2.45, 2.75) is 38.4 Å². The van der Waals surface area contributed by atoms with Crippen LogP contribution in [-0.4, -0.2) is 17.3 Å². The summed E-state index contributed by atoms with van der Waals surface area (Å²) in [5.41, 5.74) is 0.432. The number of benzene rings is 1. The highest BCUT2D eigenvalue weighted by molar-refractivity contribution is 9.09. The number of rotatable bonds is 5. The number of carbonyl (C=O) groups excluding carboxylic acids is 1. The van der Waals surface area contributed by atoms with Crippen molar-refractivity contribution in [3.05, 3.63) is 34.6 Å². The molecule has 0 heterocycles. The quantitative estimate of drug-likeness (QED) is 0.774. The summed E-state index contributed by atoms with van der Waals surface area (Å²) >= 11 is 9.44. The lowest BCUT2D eigenvalue weighted by Crippen LogP contribution is -2.32. The van der Waals surface area contributed by atoms with Crippen LogP contribution in [0.5, 0.6) is 0 Å². The van der Waals surface area contributed by atoms with Gasteiger partial charge in [0.2, 0.25) is 5.91 Å². The molecule has 0 aromatic heterocycles. The number of hydrogen-bond donors (Lipinski definition) is 1. The number of alkyl halides is 1. The van der Waals surface area contributed by atoms with E-state index >= 15 is 0 Å². The zero-order chi connectivity index (χ0) is 15.3. The first-order valence-corrected chi connectivity index (χ1v) is 7.82. The molecule has 0 spiro atoms. The molecule has 0 saturated heterocycles. The molecule has 0 aliphatic rings. The van der Waals surface area contributed by atoms with Gasteiger partial charge >= 0.3 is 0 Å². The molecule has 112 valence electrons. The highest BCUT2D eigenvalue weighted by Crippen LogP contribution is 2.24. The van der Waals surface area contributed by atoms with Gasteiger partial charge in [-0.1, -0.05) is 54.4 Å². The van der Waals surface area contributed by atoms with Crippen molar-refractivity contribution < 1.29 is 9.18 Å². The van der Waals surface area contributed by atoms with E-state index in [0.717, 1.165) is 6.42 Å². The molecule has 1 unspecified atom stereocenters. The van der Waals surface area contributed by atoms with Gasteiger partial charge in [-0.2, -0.15) is 0 Å². The van der Waals surface area contributed by atoms with Gasteiger partial charge in [-0.3, -0.25) is 4.79 Å². The minimum absolute atomic E-state index is 0.0409. The molecule has 0 aliphatic carbocycles. The van der Waals surface area contributed by atoms with Crippen LogP contribution in [0.15, 0.2) is 18.2 Å². The fourth-order valence-electron chi connectivity index (χ4n) is 1.89. The molecule has 1 rings (SSSR count). The van der Waals surface area contributed by atoms with Gasteiger partial charge in [0.05, 0.1) is 6.42 Å². The molecule has 20 heavy (non-hydrogen) atoms. The highest BCUT2D eigenvalue weighted by atomic mass is 79.9. The Hall–Kier alpha value is -0.610. The molecule has 1 atom stereocenters. The first-order chi connectivity index (χ1) is 9.19. The Labute approximate surface area is 133 Å². The van der Waals surface area contributed by atoms with Gasteiger partial charge in [-0.25, -0.2) is 4.39 Å². The van der Waals surface area contributed by atoms with Crippen LogP contribution in [-0.2, 0) is 11.2 Å². The Morgan fingerprint density at radius 3 is 2.65 bits per heavy atom. The number of halogens is 3. The van der Waals surface area contributed by atoms with Crippen LogP contribution in [0.1, 0.15) is 32.8 Å². The van der Waals surface area contributed by atoms with E-state index in [-0.39, 0.29) is 33.2 Å². The van der Waals surface area contributed by atoms with Crippen LogP contribution in [0, 0.1) is 11.2 Å². The SMILES string of the molecule is CC(C)(C)CC(Br)CNC(=O)Cc1c(F)cccc1Cl. The van der Waals surface area contributed by atoms with E-state index in [9.17, 15) is 9.18 Å². The van der Waals surface area contributed by atoms with Gasteiger partial charge in [0.1, 0.15) is 5.82 Å². The molecule has 0 bridgehead atoms. The maximum atomic E-state index is 13.6.